The van der Waals surface area contributed by atoms with Crippen LogP contribution in [0, 0.1) is 5.92 Å². The lowest BCUT2D eigenvalue weighted by atomic mass is 10.1. The van der Waals surface area contributed by atoms with Gasteiger partial charge in [-0.2, -0.15) is 4.98 Å². The van der Waals surface area contributed by atoms with E-state index in [2.05, 4.69) is 24.0 Å². The zero-order chi connectivity index (χ0) is 13.1. The third-order valence-corrected chi connectivity index (χ3v) is 2.93. The molecule has 1 heterocycles. The topological polar surface area (TPSA) is 64.9 Å². The summed E-state index contributed by atoms with van der Waals surface area (Å²) in [4.78, 5) is 4.31. The Morgan fingerprint density at radius 1 is 1.33 bits per heavy atom. The first-order chi connectivity index (χ1) is 8.58. The normalized spacial score (nSPS) is 12.9. The minimum absolute atomic E-state index is 0.402. The van der Waals surface area contributed by atoms with Crippen molar-refractivity contribution in [1.29, 1.82) is 0 Å². The van der Waals surface area contributed by atoms with Crippen molar-refractivity contribution in [2.24, 2.45) is 11.7 Å². The molecule has 0 aliphatic rings. The number of aromatic nitrogens is 2. The number of hydrogen-bond donors (Lipinski definition) is 1. The fourth-order valence-corrected chi connectivity index (χ4v) is 1.96. The molecule has 0 aliphatic carbocycles. The van der Waals surface area contributed by atoms with Gasteiger partial charge < -0.3 is 10.3 Å². The summed E-state index contributed by atoms with van der Waals surface area (Å²) in [7, 11) is 0. The smallest absolute Gasteiger partial charge is 0.248 e. The molecule has 0 amide bonds. The van der Waals surface area contributed by atoms with Crippen molar-refractivity contribution in [2.75, 3.05) is 0 Å². The molecule has 0 saturated carbocycles. The van der Waals surface area contributed by atoms with Crippen LogP contribution in [0.25, 0.3) is 0 Å². The zero-order valence-corrected chi connectivity index (χ0v) is 11.2. The maximum atomic E-state index is 6.09. The van der Waals surface area contributed by atoms with Crippen molar-refractivity contribution < 1.29 is 4.52 Å². The van der Waals surface area contributed by atoms with Crippen LogP contribution >= 0.6 is 11.6 Å². The molecule has 1 aromatic heterocycles. The van der Waals surface area contributed by atoms with Crippen molar-refractivity contribution in [3.63, 3.8) is 0 Å². The van der Waals surface area contributed by atoms with Gasteiger partial charge in [0.15, 0.2) is 5.82 Å². The number of hydrogen-bond acceptors (Lipinski definition) is 4. The van der Waals surface area contributed by atoms with Gasteiger partial charge in [0.25, 0.3) is 0 Å². The number of nitrogens with two attached hydrogens (primary N) is 1. The Morgan fingerprint density at radius 2 is 2.06 bits per heavy atom. The molecule has 0 radical (unpaired) electrons. The zero-order valence-electron chi connectivity index (χ0n) is 10.4. The second kappa shape index (κ2) is 5.50. The highest BCUT2D eigenvalue weighted by atomic mass is 35.5. The van der Waals surface area contributed by atoms with E-state index in [-0.39, 0.29) is 0 Å². The van der Waals surface area contributed by atoms with Gasteiger partial charge in [-0.3, -0.25) is 0 Å². The minimum atomic E-state index is -0.480. The van der Waals surface area contributed by atoms with E-state index in [9.17, 15) is 0 Å². The fourth-order valence-electron chi connectivity index (χ4n) is 1.70. The van der Waals surface area contributed by atoms with E-state index in [1.54, 1.807) is 6.07 Å². The molecule has 0 saturated heterocycles. The molecule has 0 aliphatic heterocycles. The van der Waals surface area contributed by atoms with E-state index in [1.807, 2.05) is 18.2 Å². The largest absolute Gasteiger partial charge is 0.337 e. The van der Waals surface area contributed by atoms with Gasteiger partial charge in [0, 0.05) is 11.4 Å². The molecule has 5 heteroatoms. The summed E-state index contributed by atoms with van der Waals surface area (Å²) >= 11 is 6.09. The number of rotatable bonds is 4. The molecule has 4 nitrogen and oxygen atoms in total. The van der Waals surface area contributed by atoms with Crippen LogP contribution in [0.15, 0.2) is 28.8 Å². The minimum Gasteiger partial charge on any atom is -0.337 e. The first-order valence-electron chi connectivity index (χ1n) is 5.90. The lowest BCUT2D eigenvalue weighted by Crippen LogP contribution is -2.13. The summed E-state index contributed by atoms with van der Waals surface area (Å²) in [6, 6.07) is 6.91. The van der Waals surface area contributed by atoms with Gasteiger partial charge in [0.05, 0.1) is 0 Å². The second-order valence-corrected chi connectivity index (χ2v) is 5.05. The van der Waals surface area contributed by atoms with E-state index < -0.39 is 6.04 Å². The van der Waals surface area contributed by atoms with Gasteiger partial charge in [-0.25, -0.2) is 0 Å². The summed E-state index contributed by atoms with van der Waals surface area (Å²) in [5.74, 6) is 1.56. The van der Waals surface area contributed by atoms with E-state index in [4.69, 9.17) is 21.9 Å². The van der Waals surface area contributed by atoms with Gasteiger partial charge in [0.2, 0.25) is 5.89 Å². The highest BCUT2D eigenvalue weighted by Gasteiger charge is 2.19. The lowest BCUT2D eigenvalue weighted by molar-refractivity contribution is 0.360. The molecular weight excluding hydrogens is 250 g/mol. The molecule has 0 fully saturated rings. The molecule has 0 unspecified atom stereocenters. The molecule has 1 aromatic carbocycles. The third kappa shape index (κ3) is 2.89. The van der Waals surface area contributed by atoms with Gasteiger partial charge in [-0.05, 0) is 17.5 Å². The van der Waals surface area contributed by atoms with E-state index in [0.29, 0.717) is 22.7 Å². The molecule has 96 valence electrons. The van der Waals surface area contributed by atoms with Crippen LogP contribution < -0.4 is 5.73 Å². The molecule has 2 aromatic rings. The first kappa shape index (κ1) is 13.1. The fraction of sp³-hybridized carbons (Fsp3) is 0.385. The van der Waals surface area contributed by atoms with E-state index in [0.717, 1.165) is 12.0 Å². The Morgan fingerprint density at radius 3 is 2.72 bits per heavy atom. The molecule has 2 rings (SSSR count). The van der Waals surface area contributed by atoms with Crippen molar-refractivity contribution in [1.82, 2.24) is 10.1 Å². The van der Waals surface area contributed by atoms with Crippen molar-refractivity contribution in [3.8, 4) is 0 Å². The average Bonchev–Trinajstić information content (AvgIpc) is 2.76. The summed E-state index contributed by atoms with van der Waals surface area (Å²) in [6.07, 6.45) is 0.777. The van der Waals surface area contributed by atoms with E-state index in [1.165, 1.54) is 0 Å². The number of halogens is 1. The number of nitrogens with zero attached hydrogens (tertiary/aromatic N) is 2. The second-order valence-electron chi connectivity index (χ2n) is 4.65. The standard InChI is InChI=1S/C13H16ClN3O/c1-8(2)7-11-16-13(18-17-11)12(15)9-5-3-4-6-10(9)14/h3-6,8,12H,7,15H2,1-2H3/t12-/m1/s1. The molecule has 1 atom stereocenters. The first-order valence-corrected chi connectivity index (χ1v) is 6.28. The molecule has 0 spiro atoms. The van der Waals surface area contributed by atoms with Crippen LogP contribution in [-0.4, -0.2) is 10.1 Å². The predicted molar refractivity (Wildman–Crippen MR) is 70.3 cm³/mol. The van der Waals surface area contributed by atoms with Crippen LogP contribution in [0.5, 0.6) is 0 Å². The third-order valence-electron chi connectivity index (χ3n) is 2.58. The van der Waals surface area contributed by atoms with Gasteiger partial charge in [0.1, 0.15) is 6.04 Å². The highest BCUT2D eigenvalue weighted by Crippen LogP contribution is 2.25. The Hall–Kier alpha value is -1.39. The lowest BCUT2D eigenvalue weighted by Gasteiger charge is -2.08. The predicted octanol–water partition coefficient (Wildman–Crippen LogP) is 2.97. The van der Waals surface area contributed by atoms with Crippen LogP contribution in [0.2, 0.25) is 5.02 Å². The SMILES string of the molecule is CC(C)Cc1noc([C@H](N)c2ccccc2Cl)n1. The summed E-state index contributed by atoms with van der Waals surface area (Å²) < 4.78 is 5.19. The van der Waals surface area contributed by atoms with Gasteiger partial charge >= 0.3 is 0 Å². The Bertz CT molecular complexity index is 524. The van der Waals surface area contributed by atoms with Crippen molar-refractivity contribution in [2.45, 2.75) is 26.3 Å². The van der Waals surface area contributed by atoms with Gasteiger partial charge in [-0.1, -0.05) is 48.8 Å². The Kier molecular flexibility index (Phi) is 3.99. The molecular formula is C13H16ClN3O. The highest BCUT2D eigenvalue weighted by molar-refractivity contribution is 6.31. The molecule has 0 bridgehead atoms. The summed E-state index contributed by atoms with van der Waals surface area (Å²) in [5, 5.41) is 4.53. The summed E-state index contributed by atoms with van der Waals surface area (Å²) in [5.41, 5.74) is 6.87. The van der Waals surface area contributed by atoms with Crippen molar-refractivity contribution in [3.05, 3.63) is 46.6 Å². The summed E-state index contributed by atoms with van der Waals surface area (Å²) in [6.45, 7) is 4.20. The maximum Gasteiger partial charge on any atom is 0.248 e. The monoisotopic (exact) mass is 265 g/mol. The Labute approximate surface area is 111 Å². The van der Waals surface area contributed by atoms with E-state index >= 15 is 0 Å². The van der Waals surface area contributed by atoms with Crippen LogP contribution in [0.3, 0.4) is 0 Å². The van der Waals surface area contributed by atoms with Gasteiger partial charge in [-0.15, -0.1) is 0 Å². The van der Waals surface area contributed by atoms with Crippen LogP contribution in [0.4, 0.5) is 0 Å². The van der Waals surface area contributed by atoms with Crippen LogP contribution in [-0.2, 0) is 6.42 Å². The molecule has 2 N–H and O–H groups in total. The quantitative estimate of drug-likeness (QED) is 0.923. The van der Waals surface area contributed by atoms with Crippen LogP contribution in [0.1, 0.15) is 37.2 Å². The average molecular weight is 266 g/mol. The Balaban J connectivity index is 2.21. The molecule has 18 heavy (non-hydrogen) atoms. The number of benzene rings is 1. The maximum absolute atomic E-state index is 6.09. The van der Waals surface area contributed by atoms with Crippen molar-refractivity contribution >= 4 is 11.6 Å².